The Bertz CT molecular complexity index is 327. The summed E-state index contributed by atoms with van der Waals surface area (Å²) in [6.07, 6.45) is 12.4. The van der Waals surface area contributed by atoms with Crippen LogP contribution in [0.15, 0.2) is 12.2 Å². The molecule has 0 amide bonds. The Morgan fingerprint density at radius 2 is 1.65 bits per heavy atom. The summed E-state index contributed by atoms with van der Waals surface area (Å²) in [6, 6.07) is 0. The molecule has 0 spiro atoms. The van der Waals surface area contributed by atoms with Crippen LogP contribution in [0.2, 0.25) is 0 Å². The largest absolute Gasteiger partial charge is 0.0993 e. The van der Waals surface area contributed by atoms with Crippen molar-refractivity contribution in [1.82, 2.24) is 0 Å². The maximum absolute atomic E-state index is 4.61. The van der Waals surface area contributed by atoms with Crippen LogP contribution in [0.25, 0.3) is 0 Å². The molecule has 0 aromatic heterocycles. The highest BCUT2D eigenvalue weighted by Gasteiger charge is 2.33. The van der Waals surface area contributed by atoms with Gasteiger partial charge in [0, 0.05) is 0 Å². The van der Waals surface area contributed by atoms with Gasteiger partial charge in [-0.3, -0.25) is 0 Å². The normalized spacial score (nSPS) is 25.5. The smallest absolute Gasteiger partial charge is 0.0172 e. The molecule has 0 nitrogen and oxygen atoms in total. The van der Waals surface area contributed by atoms with Gasteiger partial charge in [0.1, 0.15) is 0 Å². The maximum Gasteiger partial charge on any atom is -0.0172 e. The minimum Gasteiger partial charge on any atom is -0.0993 e. The van der Waals surface area contributed by atoms with E-state index in [2.05, 4.69) is 48.1 Å². The van der Waals surface area contributed by atoms with Crippen molar-refractivity contribution in [1.29, 1.82) is 0 Å². The second-order valence-electron chi connectivity index (χ2n) is 8.61. The molecule has 0 saturated heterocycles. The van der Waals surface area contributed by atoms with Gasteiger partial charge in [0.15, 0.2) is 0 Å². The zero-order chi connectivity index (χ0) is 17.4. The van der Waals surface area contributed by atoms with Crippen LogP contribution in [0.5, 0.6) is 0 Å². The first-order chi connectivity index (χ1) is 11.0. The maximum atomic E-state index is 4.61. The summed E-state index contributed by atoms with van der Waals surface area (Å²) < 4.78 is 0. The number of hydrogen-bond donors (Lipinski definition) is 0. The van der Waals surface area contributed by atoms with Crippen LogP contribution in [0.4, 0.5) is 0 Å². The minimum absolute atomic E-state index is 0.772. The molecule has 0 aromatic rings. The van der Waals surface area contributed by atoms with Crippen LogP contribution < -0.4 is 0 Å². The molecular weight excluding hydrogens is 276 g/mol. The van der Waals surface area contributed by atoms with Crippen LogP contribution in [-0.4, -0.2) is 0 Å². The Morgan fingerprint density at radius 3 is 2.17 bits per heavy atom. The molecule has 0 bridgehead atoms. The molecule has 0 aliphatic heterocycles. The van der Waals surface area contributed by atoms with E-state index < -0.39 is 0 Å². The molecule has 1 saturated carbocycles. The third kappa shape index (κ3) is 5.95. The molecule has 1 aliphatic carbocycles. The summed E-state index contributed by atoms with van der Waals surface area (Å²) in [5.74, 6) is 5.14. The van der Waals surface area contributed by atoms with E-state index in [1.165, 1.54) is 57.8 Å². The lowest BCUT2D eigenvalue weighted by molar-refractivity contribution is 0.285. The molecule has 136 valence electrons. The van der Waals surface area contributed by atoms with E-state index in [1.54, 1.807) is 5.57 Å². The molecule has 0 heterocycles. The van der Waals surface area contributed by atoms with Crippen molar-refractivity contribution in [3.63, 3.8) is 0 Å². The van der Waals surface area contributed by atoms with E-state index in [9.17, 15) is 0 Å². The average molecular weight is 321 g/mol. The van der Waals surface area contributed by atoms with Crippen molar-refractivity contribution in [3.05, 3.63) is 12.2 Å². The SMILES string of the molecule is C=C(C(CC)CCCC(CC)C(C)CC)C1CCCC1C(C)C. The Hall–Kier alpha value is -0.260. The third-order valence-electron chi connectivity index (χ3n) is 7.02. The van der Waals surface area contributed by atoms with Gasteiger partial charge in [0.05, 0.1) is 0 Å². The summed E-state index contributed by atoms with van der Waals surface area (Å²) in [6.45, 7) is 19.0. The van der Waals surface area contributed by atoms with E-state index >= 15 is 0 Å². The molecule has 1 fully saturated rings. The van der Waals surface area contributed by atoms with Gasteiger partial charge in [0.2, 0.25) is 0 Å². The van der Waals surface area contributed by atoms with Crippen molar-refractivity contribution >= 4 is 0 Å². The minimum atomic E-state index is 0.772. The van der Waals surface area contributed by atoms with Crippen molar-refractivity contribution in [2.45, 2.75) is 99.3 Å². The second kappa shape index (κ2) is 10.6. The Morgan fingerprint density at radius 1 is 0.957 bits per heavy atom. The van der Waals surface area contributed by atoms with Gasteiger partial charge < -0.3 is 0 Å². The van der Waals surface area contributed by atoms with Crippen LogP contribution in [0, 0.1) is 35.5 Å². The summed E-state index contributed by atoms with van der Waals surface area (Å²) in [4.78, 5) is 0. The van der Waals surface area contributed by atoms with Gasteiger partial charge in [-0.05, 0) is 61.2 Å². The molecular formula is C23H44. The highest BCUT2D eigenvalue weighted by atomic mass is 14.4. The second-order valence-corrected chi connectivity index (χ2v) is 8.61. The lowest BCUT2D eigenvalue weighted by atomic mass is 9.75. The average Bonchev–Trinajstić information content (AvgIpc) is 3.03. The Kier molecular flexibility index (Phi) is 9.55. The van der Waals surface area contributed by atoms with Crippen molar-refractivity contribution < 1.29 is 0 Å². The zero-order valence-corrected chi connectivity index (χ0v) is 17.0. The van der Waals surface area contributed by atoms with Crippen molar-refractivity contribution in [3.8, 4) is 0 Å². The lowest BCUT2D eigenvalue weighted by Gasteiger charge is -2.30. The van der Waals surface area contributed by atoms with Crippen molar-refractivity contribution in [2.24, 2.45) is 35.5 Å². The van der Waals surface area contributed by atoms with Gasteiger partial charge >= 0.3 is 0 Å². The first-order valence-electron chi connectivity index (χ1n) is 10.6. The van der Waals surface area contributed by atoms with E-state index in [1.807, 2.05) is 0 Å². The highest BCUT2D eigenvalue weighted by Crippen LogP contribution is 2.44. The predicted molar refractivity (Wildman–Crippen MR) is 106 cm³/mol. The van der Waals surface area contributed by atoms with Crippen LogP contribution in [-0.2, 0) is 0 Å². The van der Waals surface area contributed by atoms with E-state index in [0.29, 0.717) is 0 Å². The third-order valence-corrected chi connectivity index (χ3v) is 7.02. The van der Waals surface area contributed by atoms with E-state index in [-0.39, 0.29) is 0 Å². The summed E-state index contributed by atoms with van der Waals surface area (Å²) in [7, 11) is 0. The number of hydrogen-bond acceptors (Lipinski definition) is 0. The highest BCUT2D eigenvalue weighted by molar-refractivity contribution is 5.10. The van der Waals surface area contributed by atoms with Crippen molar-refractivity contribution in [2.75, 3.05) is 0 Å². The van der Waals surface area contributed by atoms with Gasteiger partial charge in [0.25, 0.3) is 0 Å². The lowest BCUT2D eigenvalue weighted by Crippen LogP contribution is -2.20. The number of allylic oxidation sites excluding steroid dienone is 1. The molecule has 1 aliphatic rings. The quantitative estimate of drug-likeness (QED) is 0.339. The molecule has 1 rings (SSSR count). The monoisotopic (exact) mass is 320 g/mol. The molecule has 5 atom stereocenters. The summed E-state index contributed by atoms with van der Waals surface area (Å²) >= 11 is 0. The van der Waals surface area contributed by atoms with Gasteiger partial charge in [-0.15, -0.1) is 0 Å². The number of rotatable bonds is 11. The van der Waals surface area contributed by atoms with E-state index in [4.69, 9.17) is 0 Å². The first kappa shape index (κ1) is 20.8. The van der Waals surface area contributed by atoms with Gasteiger partial charge in [-0.25, -0.2) is 0 Å². The standard InChI is InChI=1S/C23H44/c1-8-18(6)20(9-2)13-11-14-21(10-3)19(7)23-16-12-15-22(23)17(4)5/h17-18,20-23H,7-16H2,1-6H3. The van der Waals surface area contributed by atoms with Gasteiger partial charge in [-0.2, -0.15) is 0 Å². The van der Waals surface area contributed by atoms with Crippen LogP contribution in [0.1, 0.15) is 99.3 Å². The van der Waals surface area contributed by atoms with Crippen LogP contribution >= 0.6 is 0 Å². The van der Waals surface area contributed by atoms with Gasteiger partial charge in [-0.1, -0.05) is 85.8 Å². The topological polar surface area (TPSA) is 0 Å². The predicted octanol–water partition coefficient (Wildman–Crippen LogP) is 7.88. The summed E-state index contributed by atoms with van der Waals surface area (Å²) in [5, 5.41) is 0. The molecule has 0 radical (unpaired) electrons. The molecule has 23 heavy (non-hydrogen) atoms. The fraction of sp³-hybridized carbons (Fsp3) is 0.913. The first-order valence-corrected chi connectivity index (χ1v) is 10.6. The van der Waals surface area contributed by atoms with E-state index in [0.717, 1.165) is 35.5 Å². The summed E-state index contributed by atoms with van der Waals surface area (Å²) in [5.41, 5.74) is 1.61. The zero-order valence-electron chi connectivity index (χ0n) is 17.0. The van der Waals surface area contributed by atoms with Crippen LogP contribution in [0.3, 0.4) is 0 Å². The Balaban J connectivity index is 2.51. The Labute approximate surface area is 147 Å². The fourth-order valence-electron chi connectivity index (χ4n) is 5.05. The molecule has 5 unspecified atom stereocenters. The fourth-order valence-corrected chi connectivity index (χ4v) is 5.05. The molecule has 0 N–H and O–H groups in total. The molecule has 0 aromatic carbocycles. The molecule has 0 heteroatoms.